The Morgan fingerprint density at radius 1 is 1.03 bits per heavy atom. The highest BCUT2D eigenvalue weighted by atomic mass is 32.2. The van der Waals surface area contributed by atoms with Crippen LogP contribution in [0.4, 0.5) is 0 Å². The van der Waals surface area contributed by atoms with E-state index in [4.69, 9.17) is 4.74 Å². The van der Waals surface area contributed by atoms with Crippen LogP contribution in [0.5, 0.6) is 0 Å². The fourth-order valence-electron chi connectivity index (χ4n) is 3.65. The maximum absolute atomic E-state index is 13.5. The van der Waals surface area contributed by atoms with Crippen molar-refractivity contribution in [2.45, 2.75) is 11.8 Å². The van der Waals surface area contributed by atoms with Gasteiger partial charge in [0.1, 0.15) is 0 Å². The van der Waals surface area contributed by atoms with E-state index in [1.54, 1.807) is 48.8 Å². The van der Waals surface area contributed by atoms with Gasteiger partial charge in [-0.05, 0) is 30.7 Å². The third kappa shape index (κ3) is 3.89. The number of esters is 1. The molecule has 0 saturated heterocycles. The van der Waals surface area contributed by atoms with Gasteiger partial charge in [-0.3, -0.25) is 0 Å². The molecule has 5 rings (SSSR count). The lowest BCUT2D eigenvalue weighted by molar-refractivity contribution is 0.0526. The Hall–Kier alpha value is -3.82. The van der Waals surface area contributed by atoms with E-state index in [0.717, 1.165) is 22.5 Å². The van der Waals surface area contributed by atoms with Crippen molar-refractivity contribution in [1.29, 1.82) is 0 Å². The van der Waals surface area contributed by atoms with Crippen molar-refractivity contribution in [1.82, 2.24) is 13.9 Å². The number of rotatable bonds is 6. The molecule has 3 heterocycles. The molecular weight excluding hydrogens is 470 g/mol. The van der Waals surface area contributed by atoms with Crippen molar-refractivity contribution in [2.75, 3.05) is 6.61 Å². The molecule has 7 nitrogen and oxygen atoms in total. The fraction of sp³-hybridized carbons (Fsp3) is 0.0800. The number of ether oxygens (including phenoxy) is 1. The average Bonchev–Trinajstić information content (AvgIpc) is 3.50. The van der Waals surface area contributed by atoms with Gasteiger partial charge in [-0.1, -0.05) is 48.5 Å². The molecule has 0 aliphatic heterocycles. The molecule has 0 aliphatic rings. The summed E-state index contributed by atoms with van der Waals surface area (Å²) in [6.45, 7) is 1.97. The van der Waals surface area contributed by atoms with Crippen LogP contribution in [0.1, 0.15) is 16.7 Å². The van der Waals surface area contributed by atoms with E-state index in [2.05, 4.69) is 9.97 Å². The monoisotopic (exact) mass is 489 g/mol. The predicted octanol–water partition coefficient (Wildman–Crippen LogP) is 5.24. The standard InChI is InChI=1S/C25H19N3O4S2/c1-2-32-25(29)24-27-22(16-33-24)21-15-28(34(30,31)19-11-7-4-8-12-19)23-20(21)13-18(14-26-23)17-9-5-3-6-10-17/h3-16H,2H2,1H3. The van der Waals surface area contributed by atoms with Gasteiger partial charge < -0.3 is 4.74 Å². The summed E-state index contributed by atoms with van der Waals surface area (Å²) in [6, 6.07) is 19.8. The quantitative estimate of drug-likeness (QED) is 0.303. The van der Waals surface area contributed by atoms with Gasteiger partial charge in [0.15, 0.2) is 5.65 Å². The highest BCUT2D eigenvalue weighted by molar-refractivity contribution is 7.90. The Kier molecular flexibility index (Phi) is 5.72. The molecule has 5 aromatic rings. The van der Waals surface area contributed by atoms with Gasteiger partial charge in [0.25, 0.3) is 10.0 Å². The van der Waals surface area contributed by atoms with E-state index < -0.39 is 16.0 Å². The van der Waals surface area contributed by atoms with Crippen LogP contribution < -0.4 is 0 Å². The van der Waals surface area contributed by atoms with E-state index in [9.17, 15) is 13.2 Å². The SMILES string of the molecule is CCOC(=O)c1nc(-c2cn(S(=O)(=O)c3ccccc3)c3ncc(-c4ccccc4)cc23)cs1. The van der Waals surface area contributed by atoms with Crippen molar-refractivity contribution in [2.24, 2.45) is 0 Å². The Morgan fingerprint density at radius 2 is 1.74 bits per heavy atom. The molecule has 0 N–H and O–H groups in total. The number of aromatic nitrogens is 3. The normalized spacial score (nSPS) is 11.6. The zero-order valence-electron chi connectivity index (χ0n) is 18.1. The van der Waals surface area contributed by atoms with Gasteiger partial charge in [-0.25, -0.2) is 27.2 Å². The first-order valence-electron chi connectivity index (χ1n) is 10.5. The van der Waals surface area contributed by atoms with Crippen LogP contribution in [0.25, 0.3) is 33.4 Å². The number of benzene rings is 2. The van der Waals surface area contributed by atoms with Crippen molar-refractivity contribution in [3.05, 3.63) is 89.5 Å². The van der Waals surface area contributed by atoms with Crippen LogP contribution in [0.2, 0.25) is 0 Å². The third-order valence-corrected chi connectivity index (χ3v) is 7.74. The Balaban J connectivity index is 1.73. The number of thiazole rings is 1. The summed E-state index contributed by atoms with van der Waals surface area (Å²) in [7, 11) is -3.91. The first kappa shape index (κ1) is 22.0. The Labute approximate surface area is 200 Å². The van der Waals surface area contributed by atoms with Crippen LogP contribution in [-0.4, -0.2) is 34.9 Å². The van der Waals surface area contributed by atoms with E-state index in [0.29, 0.717) is 16.6 Å². The second-order valence-electron chi connectivity index (χ2n) is 7.38. The van der Waals surface area contributed by atoms with E-state index >= 15 is 0 Å². The number of hydrogen-bond acceptors (Lipinski definition) is 7. The molecule has 0 aliphatic carbocycles. The fourth-order valence-corrected chi connectivity index (χ4v) is 5.70. The largest absolute Gasteiger partial charge is 0.461 e. The molecule has 0 spiro atoms. The minimum Gasteiger partial charge on any atom is -0.461 e. The predicted molar refractivity (Wildman–Crippen MR) is 131 cm³/mol. The minimum absolute atomic E-state index is 0.151. The lowest BCUT2D eigenvalue weighted by Gasteiger charge is -2.07. The first-order chi connectivity index (χ1) is 16.5. The van der Waals surface area contributed by atoms with E-state index in [1.165, 1.54) is 10.2 Å². The summed E-state index contributed by atoms with van der Waals surface area (Å²) in [4.78, 5) is 21.3. The molecule has 3 aromatic heterocycles. The molecule has 0 amide bonds. The maximum Gasteiger partial charge on any atom is 0.367 e. The molecule has 0 atom stereocenters. The highest BCUT2D eigenvalue weighted by Gasteiger charge is 2.24. The molecule has 0 radical (unpaired) electrons. The minimum atomic E-state index is -3.91. The van der Waals surface area contributed by atoms with Gasteiger partial charge in [-0.2, -0.15) is 0 Å². The van der Waals surface area contributed by atoms with Gasteiger partial charge in [0.05, 0.1) is 17.2 Å². The smallest absolute Gasteiger partial charge is 0.367 e. The van der Waals surface area contributed by atoms with Crippen LogP contribution >= 0.6 is 11.3 Å². The molecule has 0 saturated carbocycles. The van der Waals surface area contributed by atoms with Crippen LogP contribution in [0.3, 0.4) is 0 Å². The Morgan fingerprint density at radius 3 is 2.44 bits per heavy atom. The Bertz CT molecular complexity index is 1590. The second kappa shape index (κ2) is 8.85. The van der Waals surface area contributed by atoms with E-state index in [1.807, 2.05) is 36.4 Å². The van der Waals surface area contributed by atoms with Crippen molar-refractivity contribution in [3.63, 3.8) is 0 Å². The van der Waals surface area contributed by atoms with E-state index in [-0.39, 0.29) is 22.2 Å². The summed E-state index contributed by atoms with van der Waals surface area (Å²) >= 11 is 1.15. The van der Waals surface area contributed by atoms with Crippen molar-refractivity contribution in [3.8, 4) is 22.4 Å². The lowest BCUT2D eigenvalue weighted by Crippen LogP contribution is -2.12. The van der Waals surface area contributed by atoms with Crippen LogP contribution in [0, 0.1) is 0 Å². The van der Waals surface area contributed by atoms with Gasteiger partial charge in [0.2, 0.25) is 5.01 Å². The van der Waals surface area contributed by atoms with Gasteiger partial charge in [-0.15, -0.1) is 11.3 Å². The topological polar surface area (TPSA) is 91.1 Å². The summed E-state index contributed by atoms with van der Waals surface area (Å²) in [5.74, 6) is -0.512. The summed E-state index contributed by atoms with van der Waals surface area (Å²) in [6.07, 6.45) is 3.17. The molecule has 0 unspecified atom stereocenters. The van der Waals surface area contributed by atoms with Gasteiger partial charge >= 0.3 is 5.97 Å². The number of pyridine rings is 1. The number of hydrogen-bond donors (Lipinski definition) is 0. The van der Waals surface area contributed by atoms with Gasteiger partial charge in [0, 0.05) is 34.3 Å². The summed E-state index contributed by atoms with van der Waals surface area (Å²) in [5, 5.41) is 2.53. The summed E-state index contributed by atoms with van der Waals surface area (Å²) in [5.41, 5.74) is 3.11. The number of nitrogens with zero attached hydrogens (tertiary/aromatic N) is 3. The summed E-state index contributed by atoms with van der Waals surface area (Å²) < 4.78 is 33.2. The maximum atomic E-state index is 13.5. The van der Waals surface area contributed by atoms with Crippen molar-refractivity contribution < 1.29 is 17.9 Å². The average molecular weight is 490 g/mol. The zero-order valence-corrected chi connectivity index (χ0v) is 19.7. The molecule has 170 valence electrons. The zero-order chi connectivity index (χ0) is 23.7. The molecule has 2 aromatic carbocycles. The van der Waals surface area contributed by atoms with Crippen LogP contribution in [0.15, 0.2) is 89.4 Å². The first-order valence-corrected chi connectivity index (χ1v) is 12.8. The highest BCUT2D eigenvalue weighted by Crippen LogP contribution is 2.35. The molecular formula is C25H19N3O4S2. The molecule has 0 bridgehead atoms. The number of carbonyl (C=O) groups is 1. The lowest BCUT2D eigenvalue weighted by atomic mass is 10.1. The third-order valence-electron chi connectivity index (χ3n) is 5.25. The molecule has 0 fully saturated rings. The van der Waals surface area contributed by atoms with Crippen molar-refractivity contribution >= 4 is 38.4 Å². The number of fused-ring (bicyclic) bond motifs is 1. The molecule has 9 heteroatoms. The number of carbonyl (C=O) groups excluding carboxylic acids is 1. The molecule has 34 heavy (non-hydrogen) atoms. The second-order valence-corrected chi connectivity index (χ2v) is 10.0. The van der Waals surface area contributed by atoms with Crippen LogP contribution in [-0.2, 0) is 14.8 Å².